The van der Waals surface area contributed by atoms with Gasteiger partial charge in [0.05, 0.1) is 18.6 Å². The fourth-order valence-electron chi connectivity index (χ4n) is 1.82. The Morgan fingerprint density at radius 2 is 1.86 bits per heavy atom. The predicted molar refractivity (Wildman–Crippen MR) is 79.7 cm³/mol. The Morgan fingerprint density at radius 1 is 1.24 bits per heavy atom. The second-order valence-corrected chi connectivity index (χ2v) is 5.96. The van der Waals surface area contributed by atoms with Crippen LogP contribution in [-0.2, 0) is 14.3 Å². The number of carbonyl (C=O) groups excluding carboxylic acids is 2. The van der Waals surface area contributed by atoms with Crippen molar-refractivity contribution >= 4 is 11.9 Å². The fraction of sp³-hybridized carbons (Fsp3) is 0.500. The topological polar surface area (TPSA) is 78.6 Å². The van der Waals surface area contributed by atoms with Crippen molar-refractivity contribution in [2.24, 2.45) is 11.7 Å². The van der Waals surface area contributed by atoms with Gasteiger partial charge in [0, 0.05) is 6.04 Å². The van der Waals surface area contributed by atoms with Gasteiger partial charge in [-0.15, -0.1) is 0 Å². The molecule has 0 aliphatic rings. The van der Waals surface area contributed by atoms with Gasteiger partial charge in [-0.05, 0) is 38.5 Å². The Bertz CT molecular complexity index is 519. The third-order valence-corrected chi connectivity index (χ3v) is 3.01. The summed E-state index contributed by atoms with van der Waals surface area (Å²) in [5, 5.41) is 0. The number of esters is 2. The molecular formula is C16H23NO4. The van der Waals surface area contributed by atoms with Crippen LogP contribution in [0.1, 0.15) is 49.7 Å². The predicted octanol–water partition coefficient (Wildman–Crippen LogP) is 2.45. The molecule has 0 saturated carbocycles. The zero-order valence-electron chi connectivity index (χ0n) is 13.2. The molecule has 5 nitrogen and oxygen atoms in total. The first-order chi connectivity index (χ1) is 9.65. The molecule has 21 heavy (non-hydrogen) atoms. The molecule has 1 aromatic rings. The van der Waals surface area contributed by atoms with E-state index in [1.165, 1.54) is 7.11 Å². The van der Waals surface area contributed by atoms with Gasteiger partial charge < -0.3 is 15.2 Å². The van der Waals surface area contributed by atoms with Crippen molar-refractivity contribution < 1.29 is 19.1 Å². The Morgan fingerprint density at radius 3 is 2.38 bits per heavy atom. The molecule has 116 valence electrons. The molecule has 0 bridgehead atoms. The molecular weight excluding hydrogens is 270 g/mol. The fourth-order valence-corrected chi connectivity index (χ4v) is 1.82. The van der Waals surface area contributed by atoms with Crippen molar-refractivity contribution in [3.63, 3.8) is 0 Å². The van der Waals surface area contributed by atoms with E-state index in [1.807, 2.05) is 0 Å². The highest BCUT2D eigenvalue weighted by atomic mass is 16.6. The van der Waals surface area contributed by atoms with Crippen molar-refractivity contribution in [1.29, 1.82) is 0 Å². The summed E-state index contributed by atoms with van der Waals surface area (Å²) in [5.74, 6) is -1.32. The third-order valence-electron chi connectivity index (χ3n) is 3.01. The van der Waals surface area contributed by atoms with Crippen LogP contribution in [0.15, 0.2) is 24.3 Å². The smallest absolute Gasteiger partial charge is 0.337 e. The lowest BCUT2D eigenvalue weighted by molar-refractivity contribution is -0.160. The van der Waals surface area contributed by atoms with Crippen molar-refractivity contribution in [3.05, 3.63) is 35.4 Å². The molecule has 1 aromatic carbocycles. The number of hydrogen-bond donors (Lipinski definition) is 1. The van der Waals surface area contributed by atoms with Crippen LogP contribution < -0.4 is 5.73 Å². The molecule has 0 radical (unpaired) electrons. The maximum Gasteiger partial charge on any atom is 0.337 e. The van der Waals surface area contributed by atoms with E-state index in [0.717, 1.165) is 0 Å². The molecule has 1 unspecified atom stereocenters. The van der Waals surface area contributed by atoms with Gasteiger partial charge in [0.2, 0.25) is 0 Å². The quantitative estimate of drug-likeness (QED) is 0.863. The zero-order valence-corrected chi connectivity index (χ0v) is 13.2. The van der Waals surface area contributed by atoms with Crippen molar-refractivity contribution in [2.75, 3.05) is 7.11 Å². The Kier molecular flexibility index (Phi) is 5.49. The summed E-state index contributed by atoms with van der Waals surface area (Å²) < 4.78 is 10.0. The number of carbonyl (C=O) groups is 2. The minimum atomic E-state index is -0.557. The second kappa shape index (κ2) is 6.72. The van der Waals surface area contributed by atoms with E-state index >= 15 is 0 Å². The standard InChI is InChI=1S/C16H23NO4/c1-10(14(18)21-16(2,3)4)13(17)11-7-6-8-12(9-11)15(19)20-5/h6-10,13H,17H2,1-5H3/t10-,13?/m1/s1. The maximum absolute atomic E-state index is 12.1. The van der Waals surface area contributed by atoms with Gasteiger partial charge in [-0.3, -0.25) is 4.79 Å². The molecule has 0 spiro atoms. The highest BCUT2D eigenvalue weighted by molar-refractivity contribution is 5.89. The van der Waals surface area contributed by atoms with Gasteiger partial charge in [-0.1, -0.05) is 19.1 Å². The number of hydrogen-bond acceptors (Lipinski definition) is 5. The molecule has 2 atom stereocenters. The maximum atomic E-state index is 12.1. The summed E-state index contributed by atoms with van der Waals surface area (Å²) >= 11 is 0. The average molecular weight is 293 g/mol. The lowest BCUT2D eigenvalue weighted by Crippen LogP contribution is -2.33. The second-order valence-electron chi connectivity index (χ2n) is 5.96. The van der Waals surface area contributed by atoms with E-state index in [1.54, 1.807) is 52.0 Å². The minimum absolute atomic E-state index is 0.363. The van der Waals surface area contributed by atoms with Crippen LogP contribution in [0.25, 0.3) is 0 Å². The van der Waals surface area contributed by atoms with Crippen molar-refractivity contribution in [3.8, 4) is 0 Å². The summed E-state index contributed by atoms with van der Waals surface area (Å²) in [4.78, 5) is 23.6. The third kappa shape index (κ3) is 4.86. The molecule has 0 aromatic heterocycles. The summed E-state index contributed by atoms with van der Waals surface area (Å²) in [6, 6.07) is 6.21. The first-order valence-corrected chi connectivity index (χ1v) is 6.82. The van der Waals surface area contributed by atoms with Gasteiger partial charge in [-0.25, -0.2) is 4.79 Å². The molecule has 2 N–H and O–H groups in total. The molecule has 0 aliphatic carbocycles. The molecule has 0 aliphatic heterocycles. The molecule has 0 saturated heterocycles. The van der Waals surface area contributed by atoms with Gasteiger partial charge in [0.25, 0.3) is 0 Å². The molecule has 5 heteroatoms. The Labute approximate surface area is 125 Å². The van der Waals surface area contributed by atoms with E-state index in [2.05, 4.69) is 4.74 Å². The number of benzene rings is 1. The largest absolute Gasteiger partial charge is 0.465 e. The molecule has 0 fully saturated rings. The van der Waals surface area contributed by atoms with Gasteiger partial charge in [0.1, 0.15) is 5.60 Å². The molecule has 1 rings (SSSR count). The monoisotopic (exact) mass is 293 g/mol. The van der Waals surface area contributed by atoms with E-state index in [0.29, 0.717) is 11.1 Å². The van der Waals surface area contributed by atoms with E-state index in [9.17, 15) is 9.59 Å². The normalized spacial score (nSPS) is 14.2. The first-order valence-electron chi connectivity index (χ1n) is 6.82. The Balaban J connectivity index is 2.90. The minimum Gasteiger partial charge on any atom is -0.465 e. The lowest BCUT2D eigenvalue weighted by atomic mass is 9.94. The summed E-state index contributed by atoms with van der Waals surface area (Å²) in [5.41, 5.74) is 6.65. The van der Waals surface area contributed by atoms with E-state index < -0.39 is 23.5 Å². The van der Waals surface area contributed by atoms with Crippen molar-refractivity contribution in [2.45, 2.75) is 39.3 Å². The first kappa shape index (κ1) is 17.2. The molecule has 0 heterocycles. The number of ether oxygens (including phenoxy) is 2. The van der Waals surface area contributed by atoms with Crippen LogP contribution in [0.4, 0.5) is 0 Å². The highest BCUT2D eigenvalue weighted by Crippen LogP contribution is 2.23. The SMILES string of the molecule is COC(=O)c1cccc(C(N)[C@@H](C)C(=O)OC(C)(C)C)c1. The summed E-state index contributed by atoms with van der Waals surface area (Å²) in [6.07, 6.45) is 0. The van der Waals surface area contributed by atoms with Crippen LogP contribution in [-0.4, -0.2) is 24.6 Å². The summed E-state index contributed by atoms with van der Waals surface area (Å²) in [6.45, 7) is 7.13. The zero-order chi connectivity index (χ0) is 16.2. The van der Waals surface area contributed by atoms with Crippen molar-refractivity contribution in [1.82, 2.24) is 0 Å². The lowest BCUT2D eigenvalue weighted by Gasteiger charge is -2.25. The number of methoxy groups -OCH3 is 1. The van der Waals surface area contributed by atoms with Crippen LogP contribution in [0.3, 0.4) is 0 Å². The van der Waals surface area contributed by atoms with Crippen LogP contribution in [0.2, 0.25) is 0 Å². The van der Waals surface area contributed by atoms with Gasteiger partial charge in [0.15, 0.2) is 0 Å². The summed E-state index contributed by atoms with van der Waals surface area (Å²) in [7, 11) is 1.32. The number of rotatable bonds is 4. The highest BCUT2D eigenvalue weighted by Gasteiger charge is 2.27. The van der Waals surface area contributed by atoms with Crippen LogP contribution >= 0.6 is 0 Å². The number of nitrogens with two attached hydrogens (primary N) is 1. The molecule has 0 amide bonds. The van der Waals surface area contributed by atoms with Gasteiger partial charge in [-0.2, -0.15) is 0 Å². The van der Waals surface area contributed by atoms with Gasteiger partial charge >= 0.3 is 11.9 Å². The van der Waals surface area contributed by atoms with Crippen LogP contribution in [0.5, 0.6) is 0 Å². The van der Waals surface area contributed by atoms with Crippen LogP contribution in [0, 0.1) is 5.92 Å². The average Bonchev–Trinajstić information content (AvgIpc) is 2.43. The van der Waals surface area contributed by atoms with E-state index in [4.69, 9.17) is 10.5 Å². The Hall–Kier alpha value is -1.88. The van der Waals surface area contributed by atoms with E-state index in [-0.39, 0.29) is 5.97 Å².